The molecule has 0 saturated carbocycles. The Hall–Kier alpha value is -1.33. The lowest BCUT2D eigenvalue weighted by Gasteiger charge is -2.23. The van der Waals surface area contributed by atoms with Crippen LogP contribution >= 0.6 is 0 Å². The number of rotatable bonds is 6. The highest BCUT2D eigenvalue weighted by atomic mass is 16.5. The largest absolute Gasteiger partial charge is 0.468 e. The molecule has 1 N–H and O–H groups in total. The van der Waals surface area contributed by atoms with Gasteiger partial charge in [-0.05, 0) is 19.1 Å². The molecule has 0 saturated heterocycles. The summed E-state index contributed by atoms with van der Waals surface area (Å²) in [5.41, 5.74) is 0. The predicted octanol–water partition coefficient (Wildman–Crippen LogP) is 1.03. The fourth-order valence-corrected chi connectivity index (χ4v) is 1.63. The lowest BCUT2D eigenvalue weighted by atomic mass is 10.2. The van der Waals surface area contributed by atoms with E-state index in [2.05, 4.69) is 5.32 Å². The molecule has 0 unspecified atom stereocenters. The van der Waals surface area contributed by atoms with Gasteiger partial charge in [0.2, 0.25) is 5.91 Å². The van der Waals surface area contributed by atoms with E-state index in [0.29, 0.717) is 6.61 Å². The van der Waals surface area contributed by atoms with Gasteiger partial charge in [-0.2, -0.15) is 0 Å². The number of likely N-dealkylation sites (N-methyl/N-ethyl adjacent to an activating group) is 1. The highest BCUT2D eigenvalue weighted by molar-refractivity contribution is 5.80. The minimum Gasteiger partial charge on any atom is -0.468 e. The zero-order valence-corrected chi connectivity index (χ0v) is 10.8. The van der Waals surface area contributed by atoms with Crippen LogP contribution in [0.1, 0.15) is 18.7 Å². The van der Waals surface area contributed by atoms with E-state index in [1.54, 1.807) is 32.4 Å². The van der Waals surface area contributed by atoms with Gasteiger partial charge in [-0.1, -0.05) is 0 Å². The summed E-state index contributed by atoms with van der Waals surface area (Å²) < 4.78 is 10.4. The Morgan fingerprint density at radius 2 is 2.29 bits per heavy atom. The first-order valence-electron chi connectivity index (χ1n) is 5.55. The average molecular weight is 240 g/mol. The molecule has 1 heterocycles. The Balaban J connectivity index is 2.64. The molecule has 1 rings (SSSR count). The molecule has 0 bridgehead atoms. The molecule has 0 aliphatic rings. The van der Waals surface area contributed by atoms with Crippen LogP contribution in [-0.2, 0) is 9.53 Å². The number of hydrogen-bond donors (Lipinski definition) is 1. The van der Waals surface area contributed by atoms with Crippen LogP contribution in [0.2, 0.25) is 0 Å². The number of amides is 1. The summed E-state index contributed by atoms with van der Waals surface area (Å²) in [6.07, 6.45) is 1.61. The molecule has 0 radical (unpaired) electrons. The number of nitrogens with one attached hydrogen (secondary N) is 1. The minimum atomic E-state index is -0.282. The van der Waals surface area contributed by atoms with Gasteiger partial charge in [-0.25, -0.2) is 0 Å². The summed E-state index contributed by atoms with van der Waals surface area (Å²) in [6, 6.07) is 3.28. The molecule has 5 heteroatoms. The second-order valence-electron chi connectivity index (χ2n) is 4.14. The molecule has 2 atom stereocenters. The van der Waals surface area contributed by atoms with Crippen LogP contribution in [0.15, 0.2) is 22.8 Å². The van der Waals surface area contributed by atoms with Crippen molar-refractivity contribution in [1.29, 1.82) is 0 Å². The van der Waals surface area contributed by atoms with Gasteiger partial charge in [0.1, 0.15) is 5.76 Å². The second-order valence-corrected chi connectivity index (χ2v) is 4.14. The van der Waals surface area contributed by atoms with Gasteiger partial charge in [0, 0.05) is 21.2 Å². The standard InChI is InChI=1S/C12H20N2O3/c1-9(12(15)14(2)3)13-10(8-16-4)11-6-5-7-17-11/h5-7,9-10,13H,8H2,1-4H3/t9-,10-/m1/s1. The van der Waals surface area contributed by atoms with E-state index in [9.17, 15) is 4.79 Å². The van der Waals surface area contributed by atoms with Crippen LogP contribution in [0.5, 0.6) is 0 Å². The third-order valence-corrected chi connectivity index (χ3v) is 2.48. The summed E-state index contributed by atoms with van der Waals surface area (Å²) in [4.78, 5) is 13.3. The van der Waals surface area contributed by atoms with Crippen LogP contribution in [0.25, 0.3) is 0 Å². The number of methoxy groups -OCH3 is 1. The maximum absolute atomic E-state index is 11.7. The number of nitrogens with zero attached hydrogens (tertiary/aromatic N) is 1. The molecule has 0 aliphatic heterocycles. The normalized spacial score (nSPS) is 14.4. The molecule has 1 aromatic heterocycles. The van der Waals surface area contributed by atoms with E-state index in [4.69, 9.17) is 9.15 Å². The second kappa shape index (κ2) is 6.42. The van der Waals surface area contributed by atoms with Gasteiger partial charge < -0.3 is 14.1 Å². The monoisotopic (exact) mass is 240 g/mol. The summed E-state index contributed by atoms with van der Waals surface area (Å²) in [7, 11) is 5.09. The van der Waals surface area contributed by atoms with Crippen molar-refractivity contribution in [3.05, 3.63) is 24.2 Å². The van der Waals surface area contributed by atoms with E-state index in [-0.39, 0.29) is 18.0 Å². The zero-order valence-electron chi connectivity index (χ0n) is 10.8. The van der Waals surface area contributed by atoms with Crippen molar-refractivity contribution in [2.75, 3.05) is 27.8 Å². The first-order valence-corrected chi connectivity index (χ1v) is 5.55. The first kappa shape index (κ1) is 13.7. The smallest absolute Gasteiger partial charge is 0.238 e. The van der Waals surface area contributed by atoms with Crippen molar-refractivity contribution >= 4 is 5.91 Å². The van der Waals surface area contributed by atoms with Crippen LogP contribution in [0, 0.1) is 0 Å². The maximum atomic E-state index is 11.7. The number of hydrogen-bond acceptors (Lipinski definition) is 4. The van der Waals surface area contributed by atoms with Crippen molar-refractivity contribution in [3.63, 3.8) is 0 Å². The van der Waals surface area contributed by atoms with Crippen LogP contribution < -0.4 is 5.32 Å². The van der Waals surface area contributed by atoms with E-state index in [1.165, 1.54) is 0 Å². The Morgan fingerprint density at radius 3 is 2.76 bits per heavy atom. The maximum Gasteiger partial charge on any atom is 0.238 e. The Morgan fingerprint density at radius 1 is 1.59 bits per heavy atom. The molecular weight excluding hydrogens is 220 g/mol. The van der Waals surface area contributed by atoms with Crippen molar-refractivity contribution in [2.24, 2.45) is 0 Å². The Labute approximate surface area is 102 Å². The van der Waals surface area contributed by atoms with Gasteiger partial charge in [0.05, 0.1) is 25.0 Å². The number of ether oxygens (including phenoxy) is 1. The van der Waals surface area contributed by atoms with E-state index in [1.807, 2.05) is 19.1 Å². The van der Waals surface area contributed by atoms with Crippen molar-refractivity contribution < 1.29 is 13.9 Å². The predicted molar refractivity (Wildman–Crippen MR) is 64.6 cm³/mol. The molecule has 96 valence electrons. The van der Waals surface area contributed by atoms with Crippen molar-refractivity contribution in [2.45, 2.75) is 19.0 Å². The fraction of sp³-hybridized carbons (Fsp3) is 0.583. The van der Waals surface area contributed by atoms with E-state index in [0.717, 1.165) is 5.76 Å². The summed E-state index contributed by atoms with van der Waals surface area (Å²) >= 11 is 0. The summed E-state index contributed by atoms with van der Waals surface area (Å²) in [5.74, 6) is 0.794. The lowest BCUT2D eigenvalue weighted by molar-refractivity contribution is -0.130. The van der Waals surface area contributed by atoms with Crippen LogP contribution in [0.4, 0.5) is 0 Å². The summed E-state index contributed by atoms with van der Waals surface area (Å²) in [6.45, 7) is 2.28. The topological polar surface area (TPSA) is 54.7 Å². The molecule has 17 heavy (non-hydrogen) atoms. The molecule has 0 fully saturated rings. The van der Waals surface area contributed by atoms with Crippen LogP contribution in [0.3, 0.4) is 0 Å². The number of carbonyl (C=O) groups is 1. The zero-order chi connectivity index (χ0) is 12.8. The van der Waals surface area contributed by atoms with Gasteiger partial charge in [-0.15, -0.1) is 0 Å². The third kappa shape index (κ3) is 3.87. The van der Waals surface area contributed by atoms with Gasteiger partial charge in [-0.3, -0.25) is 10.1 Å². The molecule has 1 amide bonds. The molecule has 0 spiro atoms. The summed E-state index contributed by atoms with van der Waals surface area (Å²) in [5, 5.41) is 3.19. The quantitative estimate of drug-likeness (QED) is 0.807. The Kier molecular flexibility index (Phi) is 5.18. The van der Waals surface area contributed by atoms with Gasteiger partial charge in [0.15, 0.2) is 0 Å². The number of furan rings is 1. The minimum absolute atomic E-state index is 0.0256. The van der Waals surface area contributed by atoms with Crippen molar-refractivity contribution in [3.8, 4) is 0 Å². The average Bonchev–Trinajstić information content (AvgIpc) is 2.80. The molecule has 0 aliphatic carbocycles. The Bertz CT molecular complexity index is 336. The highest BCUT2D eigenvalue weighted by Gasteiger charge is 2.21. The third-order valence-electron chi connectivity index (χ3n) is 2.48. The fourth-order valence-electron chi connectivity index (χ4n) is 1.63. The highest BCUT2D eigenvalue weighted by Crippen LogP contribution is 2.14. The van der Waals surface area contributed by atoms with E-state index >= 15 is 0 Å². The van der Waals surface area contributed by atoms with Gasteiger partial charge >= 0.3 is 0 Å². The molecule has 1 aromatic rings. The first-order chi connectivity index (χ1) is 8.06. The van der Waals surface area contributed by atoms with Crippen LogP contribution in [-0.4, -0.2) is 44.7 Å². The van der Waals surface area contributed by atoms with Crippen molar-refractivity contribution in [1.82, 2.24) is 10.2 Å². The molecule has 0 aromatic carbocycles. The van der Waals surface area contributed by atoms with Gasteiger partial charge in [0.25, 0.3) is 0 Å². The number of carbonyl (C=O) groups excluding carboxylic acids is 1. The molecular formula is C12H20N2O3. The SMILES string of the molecule is COC[C@@H](N[C@H](C)C(=O)N(C)C)c1ccco1. The molecule has 5 nitrogen and oxygen atoms in total. The van der Waals surface area contributed by atoms with E-state index < -0.39 is 0 Å². The lowest BCUT2D eigenvalue weighted by Crippen LogP contribution is -2.44.